The van der Waals surface area contributed by atoms with Gasteiger partial charge >= 0.3 is 5.97 Å². The maximum Gasteiger partial charge on any atom is 0.306 e. The Kier molecular flexibility index (Phi) is 5.32. The third-order valence-corrected chi connectivity index (χ3v) is 3.08. The van der Waals surface area contributed by atoms with E-state index in [-0.39, 0.29) is 17.0 Å². The van der Waals surface area contributed by atoms with E-state index in [9.17, 15) is 9.18 Å². The van der Waals surface area contributed by atoms with Crippen molar-refractivity contribution in [2.24, 2.45) is 0 Å². The molecule has 0 aromatic heterocycles. The fraction of sp³-hybridized carbons (Fsp3) is 0.417. The van der Waals surface area contributed by atoms with E-state index in [4.69, 9.17) is 4.74 Å². The summed E-state index contributed by atoms with van der Waals surface area (Å²) >= 11 is 1.35. The molecule has 1 atom stereocenters. The zero-order valence-electron chi connectivity index (χ0n) is 9.40. The minimum Gasteiger partial charge on any atom is -0.466 e. The summed E-state index contributed by atoms with van der Waals surface area (Å²) in [6.45, 7) is 4.04. The molecule has 1 aromatic carbocycles. The summed E-state index contributed by atoms with van der Waals surface area (Å²) < 4.78 is 18.1. The van der Waals surface area contributed by atoms with Crippen molar-refractivity contribution in [1.82, 2.24) is 0 Å². The molecule has 1 unspecified atom stereocenters. The minimum atomic E-state index is -0.247. The lowest BCUT2D eigenvalue weighted by atomic mass is 10.3. The first-order chi connectivity index (χ1) is 7.63. The number of hydrogen-bond acceptors (Lipinski definition) is 3. The van der Waals surface area contributed by atoms with E-state index in [2.05, 4.69) is 0 Å². The van der Waals surface area contributed by atoms with Crippen LogP contribution in [0.3, 0.4) is 0 Å². The molecule has 0 amide bonds. The van der Waals surface area contributed by atoms with Crippen LogP contribution in [0.4, 0.5) is 4.39 Å². The average molecular weight is 242 g/mol. The van der Waals surface area contributed by atoms with Crippen molar-refractivity contribution in [3.63, 3.8) is 0 Å². The fourth-order valence-electron chi connectivity index (χ4n) is 1.25. The normalized spacial score (nSPS) is 12.2. The van der Waals surface area contributed by atoms with Crippen molar-refractivity contribution < 1.29 is 13.9 Å². The highest BCUT2D eigenvalue weighted by molar-refractivity contribution is 8.00. The molecule has 0 aliphatic rings. The van der Waals surface area contributed by atoms with E-state index in [1.807, 2.05) is 6.92 Å². The Bertz CT molecular complexity index is 355. The molecule has 0 spiro atoms. The summed E-state index contributed by atoms with van der Waals surface area (Å²) in [5, 5.41) is 0.0101. The average Bonchev–Trinajstić information content (AvgIpc) is 2.21. The smallest absolute Gasteiger partial charge is 0.306 e. The molecule has 0 saturated carbocycles. The molecular weight excluding hydrogens is 227 g/mol. The zero-order valence-corrected chi connectivity index (χ0v) is 10.2. The van der Waals surface area contributed by atoms with E-state index < -0.39 is 0 Å². The van der Waals surface area contributed by atoms with Gasteiger partial charge in [0.25, 0.3) is 0 Å². The molecule has 0 saturated heterocycles. The van der Waals surface area contributed by atoms with Gasteiger partial charge in [-0.3, -0.25) is 4.79 Å². The molecule has 0 aliphatic heterocycles. The molecule has 0 bridgehead atoms. The molecule has 0 aliphatic carbocycles. The van der Waals surface area contributed by atoms with Crippen molar-refractivity contribution in [1.29, 1.82) is 0 Å². The number of thioether (sulfide) groups is 1. The predicted molar refractivity (Wildman–Crippen MR) is 63.0 cm³/mol. The van der Waals surface area contributed by atoms with E-state index in [0.29, 0.717) is 17.9 Å². The topological polar surface area (TPSA) is 26.3 Å². The first-order valence-electron chi connectivity index (χ1n) is 5.20. The summed E-state index contributed by atoms with van der Waals surface area (Å²) in [7, 11) is 0. The van der Waals surface area contributed by atoms with Crippen molar-refractivity contribution in [2.75, 3.05) is 6.61 Å². The highest BCUT2D eigenvalue weighted by atomic mass is 32.2. The number of esters is 1. The Hall–Kier alpha value is -1.03. The Morgan fingerprint density at radius 3 is 2.81 bits per heavy atom. The van der Waals surface area contributed by atoms with Crippen molar-refractivity contribution in [2.45, 2.75) is 30.4 Å². The SMILES string of the molecule is CCOC(=O)CC(C)Sc1ccccc1F. The van der Waals surface area contributed by atoms with E-state index in [0.717, 1.165) is 0 Å². The lowest BCUT2D eigenvalue weighted by Crippen LogP contribution is -2.10. The summed E-state index contributed by atoms with van der Waals surface area (Å²) in [4.78, 5) is 11.8. The molecule has 0 fully saturated rings. The molecule has 4 heteroatoms. The molecule has 1 rings (SSSR count). The molecule has 0 N–H and O–H groups in total. The number of ether oxygens (including phenoxy) is 1. The van der Waals surface area contributed by atoms with E-state index in [1.165, 1.54) is 17.8 Å². The summed E-state index contributed by atoms with van der Waals surface area (Å²) in [6.07, 6.45) is 0.298. The highest BCUT2D eigenvalue weighted by Crippen LogP contribution is 2.27. The number of halogens is 1. The van der Waals surface area contributed by atoms with Gasteiger partial charge in [-0.15, -0.1) is 11.8 Å². The fourth-order valence-corrected chi connectivity index (χ4v) is 2.24. The second kappa shape index (κ2) is 6.53. The number of carbonyl (C=O) groups excluding carboxylic acids is 1. The van der Waals surface area contributed by atoms with Crippen LogP contribution in [0, 0.1) is 5.82 Å². The van der Waals surface area contributed by atoms with Gasteiger partial charge in [0.2, 0.25) is 0 Å². The van der Waals surface area contributed by atoms with Crippen LogP contribution in [-0.2, 0) is 9.53 Å². The largest absolute Gasteiger partial charge is 0.466 e. The predicted octanol–water partition coefficient (Wildman–Crippen LogP) is 3.26. The van der Waals surface area contributed by atoms with Crippen LogP contribution in [0.2, 0.25) is 0 Å². The van der Waals surface area contributed by atoms with Crippen LogP contribution < -0.4 is 0 Å². The molecule has 0 heterocycles. The summed E-state index contributed by atoms with van der Waals surface area (Å²) in [5.74, 6) is -0.484. The number of rotatable bonds is 5. The molecular formula is C12H15FO2S. The van der Waals surface area contributed by atoms with Gasteiger partial charge in [0.15, 0.2) is 0 Å². The van der Waals surface area contributed by atoms with Gasteiger partial charge in [-0.2, -0.15) is 0 Å². The molecule has 88 valence electrons. The lowest BCUT2D eigenvalue weighted by Gasteiger charge is -2.10. The Morgan fingerprint density at radius 1 is 1.50 bits per heavy atom. The van der Waals surface area contributed by atoms with Gasteiger partial charge in [-0.1, -0.05) is 19.1 Å². The molecule has 2 nitrogen and oxygen atoms in total. The lowest BCUT2D eigenvalue weighted by molar-refractivity contribution is -0.142. The van der Waals surface area contributed by atoms with E-state index in [1.54, 1.807) is 25.1 Å². The van der Waals surface area contributed by atoms with Gasteiger partial charge in [0, 0.05) is 10.1 Å². The quantitative estimate of drug-likeness (QED) is 0.585. The van der Waals surface area contributed by atoms with Crippen molar-refractivity contribution >= 4 is 17.7 Å². The molecule has 1 aromatic rings. The van der Waals surface area contributed by atoms with Crippen LogP contribution in [-0.4, -0.2) is 17.8 Å². The second-order valence-corrected chi connectivity index (χ2v) is 4.85. The highest BCUT2D eigenvalue weighted by Gasteiger charge is 2.12. The standard InChI is InChI=1S/C12H15FO2S/c1-3-15-12(14)8-9(2)16-11-7-5-4-6-10(11)13/h4-7,9H,3,8H2,1-2H3. The van der Waals surface area contributed by atoms with Crippen LogP contribution in [0.25, 0.3) is 0 Å². The van der Waals surface area contributed by atoms with Gasteiger partial charge in [-0.05, 0) is 19.1 Å². The second-order valence-electron chi connectivity index (χ2n) is 3.37. The number of carbonyl (C=O) groups is 1. The van der Waals surface area contributed by atoms with Gasteiger partial charge in [0.1, 0.15) is 5.82 Å². The monoisotopic (exact) mass is 242 g/mol. The first kappa shape index (κ1) is 13.0. The summed E-state index contributed by atoms with van der Waals surface area (Å²) in [6, 6.07) is 6.55. The third-order valence-electron chi connectivity index (χ3n) is 1.92. The van der Waals surface area contributed by atoms with Crippen LogP contribution in [0.1, 0.15) is 20.3 Å². The summed E-state index contributed by atoms with van der Waals surface area (Å²) in [5.41, 5.74) is 0. The van der Waals surface area contributed by atoms with E-state index >= 15 is 0 Å². The molecule has 16 heavy (non-hydrogen) atoms. The zero-order chi connectivity index (χ0) is 12.0. The Morgan fingerprint density at radius 2 is 2.19 bits per heavy atom. The molecule has 0 radical (unpaired) electrons. The van der Waals surface area contributed by atoms with Crippen molar-refractivity contribution in [3.05, 3.63) is 30.1 Å². The maximum absolute atomic E-state index is 13.3. The van der Waals surface area contributed by atoms with Crippen LogP contribution >= 0.6 is 11.8 Å². The Balaban J connectivity index is 2.48. The maximum atomic E-state index is 13.3. The van der Waals surface area contributed by atoms with Crippen molar-refractivity contribution in [3.8, 4) is 0 Å². The third kappa shape index (κ3) is 4.23. The van der Waals surface area contributed by atoms with Crippen LogP contribution in [0.5, 0.6) is 0 Å². The first-order valence-corrected chi connectivity index (χ1v) is 6.08. The van der Waals surface area contributed by atoms with Crippen LogP contribution in [0.15, 0.2) is 29.2 Å². The number of benzene rings is 1. The van der Waals surface area contributed by atoms with Gasteiger partial charge in [0.05, 0.1) is 13.0 Å². The van der Waals surface area contributed by atoms with Gasteiger partial charge in [-0.25, -0.2) is 4.39 Å². The number of hydrogen-bond donors (Lipinski definition) is 0. The Labute approximate surface area is 99.2 Å². The van der Waals surface area contributed by atoms with Gasteiger partial charge < -0.3 is 4.74 Å². The minimum absolute atomic E-state index is 0.0101.